The van der Waals surface area contributed by atoms with E-state index in [0.29, 0.717) is 0 Å². The Labute approximate surface area is 237 Å². The smallest absolute Gasteiger partial charge is 0.136 e. The second-order valence-electron chi connectivity index (χ2n) is 10.4. The van der Waals surface area contributed by atoms with E-state index in [1.165, 1.54) is 43.6 Å². The molecule has 8 rings (SSSR count). The van der Waals surface area contributed by atoms with Crippen LogP contribution in [0, 0.1) is 6.92 Å². The van der Waals surface area contributed by atoms with Crippen LogP contribution in [0.1, 0.15) is 16.7 Å². The highest BCUT2D eigenvalue weighted by Gasteiger charge is 2.18. The summed E-state index contributed by atoms with van der Waals surface area (Å²) in [6.07, 6.45) is 2.16. The largest absolute Gasteiger partial charge is 0.456 e. The first-order valence-corrected chi connectivity index (χ1v) is 14.0. The van der Waals surface area contributed by atoms with Gasteiger partial charge in [0.05, 0.1) is 5.52 Å². The maximum absolute atomic E-state index is 6.36. The third-order valence-electron chi connectivity index (χ3n) is 8.15. The minimum Gasteiger partial charge on any atom is -0.456 e. The monoisotopic (exact) mass is 531 g/mol. The number of aryl methyl sites for hydroxylation is 1. The third kappa shape index (κ3) is 3.45. The molecule has 0 aliphatic carbocycles. The van der Waals surface area contributed by atoms with Gasteiger partial charge < -0.3 is 8.98 Å². The quantitative estimate of drug-likeness (QED) is 0.177. The molecule has 0 fully saturated rings. The molecule has 2 aromatic heterocycles. The fraction of sp³-hybridized carbons (Fsp3) is 0.0270. The molecule has 0 aliphatic rings. The van der Waals surface area contributed by atoms with Crippen molar-refractivity contribution < 1.29 is 4.42 Å². The lowest BCUT2D eigenvalue weighted by Gasteiger charge is -2.16. The van der Waals surface area contributed by atoms with Crippen LogP contribution >= 0.6 is 12.6 Å². The van der Waals surface area contributed by atoms with Gasteiger partial charge in [-0.15, -0.1) is 0 Å². The van der Waals surface area contributed by atoms with Crippen LogP contribution in [0.3, 0.4) is 0 Å². The van der Waals surface area contributed by atoms with Gasteiger partial charge in [-0.05, 0) is 111 Å². The molecule has 0 aliphatic heterocycles. The predicted molar refractivity (Wildman–Crippen MR) is 173 cm³/mol. The van der Waals surface area contributed by atoms with Crippen molar-refractivity contribution in [3.05, 3.63) is 144 Å². The van der Waals surface area contributed by atoms with Crippen LogP contribution in [-0.2, 0) is 0 Å². The highest BCUT2D eigenvalue weighted by molar-refractivity contribution is 7.83. The van der Waals surface area contributed by atoms with E-state index >= 15 is 0 Å². The summed E-state index contributed by atoms with van der Waals surface area (Å²) in [5.41, 5.74) is 8.82. The minimum atomic E-state index is 0.904. The molecule has 0 bridgehead atoms. The fourth-order valence-electron chi connectivity index (χ4n) is 6.20. The molecule has 0 spiro atoms. The van der Waals surface area contributed by atoms with Crippen molar-refractivity contribution in [1.82, 2.24) is 4.57 Å². The molecule has 8 aromatic rings. The molecular weight excluding hydrogens is 506 g/mol. The van der Waals surface area contributed by atoms with Crippen LogP contribution in [0.4, 0.5) is 0 Å². The van der Waals surface area contributed by atoms with Gasteiger partial charge in [0.25, 0.3) is 0 Å². The summed E-state index contributed by atoms with van der Waals surface area (Å²) in [6.45, 7) is 2.16. The molecule has 40 heavy (non-hydrogen) atoms. The van der Waals surface area contributed by atoms with E-state index in [1.807, 2.05) is 17.5 Å². The van der Waals surface area contributed by atoms with Crippen molar-refractivity contribution in [2.45, 2.75) is 6.92 Å². The summed E-state index contributed by atoms with van der Waals surface area (Å²) in [4.78, 5) is 0. The minimum absolute atomic E-state index is 0.904. The van der Waals surface area contributed by atoms with Gasteiger partial charge in [0, 0.05) is 28.0 Å². The van der Waals surface area contributed by atoms with Gasteiger partial charge in [-0.1, -0.05) is 60.7 Å². The molecule has 2 nitrogen and oxygen atoms in total. The second kappa shape index (κ2) is 8.90. The van der Waals surface area contributed by atoms with E-state index in [-0.39, 0.29) is 0 Å². The van der Waals surface area contributed by atoms with Gasteiger partial charge in [0.1, 0.15) is 11.2 Å². The maximum atomic E-state index is 6.36. The highest BCUT2D eigenvalue weighted by Crippen LogP contribution is 2.41. The SMILES string of the molecule is Cc1ccccc1/C(=C\S)c1cc2cc3c(ccn3-c3ccccc3)cc2c2cc3oc4ccccc4c3cc12. The van der Waals surface area contributed by atoms with Gasteiger partial charge in [0.2, 0.25) is 0 Å². The molecule has 0 saturated heterocycles. The summed E-state index contributed by atoms with van der Waals surface area (Å²) in [6, 6.07) is 41.0. The van der Waals surface area contributed by atoms with Crippen molar-refractivity contribution in [3.8, 4) is 5.69 Å². The molecule has 2 heterocycles. The average molecular weight is 532 g/mol. The van der Waals surface area contributed by atoms with Gasteiger partial charge in [-0.2, -0.15) is 12.6 Å². The van der Waals surface area contributed by atoms with Crippen LogP contribution in [-0.4, -0.2) is 4.57 Å². The van der Waals surface area contributed by atoms with Gasteiger partial charge in [-0.25, -0.2) is 0 Å². The Hall–Kier alpha value is -4.73. The summed E-state index contributed by atoms with van der Waals surface area (Å²) in [7, 11) is 0. The summed E-state index contributed by atoms with van der Waals surface area (Å²) in [5, 5.41) is 10.2. The molecule has 0 unspecified atom stereocenters. The Morgan fingerprint density at radius 3 is 2.27 bits per heavy atom. The summed E-state index contributed by atoms with van der Waals surface area (Å²) < 4.78 is 8.62. The standard InChI is InChI=1S/C37H25NOS/c1-23-9-5-6-12-27(23)34(22-40)30-18-25-19-35-24(15-16-38(35)26-10-3-2-4-11-26)17-29(25)32-21-37-33(20-31(30)32)28-13-7-8-14-36(28)39-37/h2-22,40H,1H3/b34-22+. The number of aromatic nitrogens is 1. The molecule has 0 saturated carbocycles. The Balaban J connectivity index is 1.51. The van der Waals surface area contributed by atoms with E-state index in [2.05, 4.69) is 121 Å². The number of nitrogens with zero attached hydrogens (tertiary/aromatic N) is 1. The molecule has 0 amide bonds. The number of rotatable bonds is 3. The van der Waals surface area contributed by atoms with Crippen molar-refractivity contribution in [1.29, 1.82) is 0 Å². The molecular formula is C37H25NOS. The van der Waals surface area contributed by atoms with E-state index in [4.69, 9.17) is 17.0 Å². The van der Waals surface area contributed by atoms with Crippen LogP contribution in [0.15, 0.2) is 131 Å². The van der Waals surface area contributed by atoms with E-state index in [1.54, 1.807) is 0 Å². The van der Waals surface area contributed by atoms with Crippen LogP contribution < -0.4 is 0 Å². The Bertz CT molecular complexity index is 2290. The van der Waals surface area contributed by atoms with Crippen LogP contribution in [0.25, 0.3) is 65.6 Å². The zero-order chi connectivity index (χ0) is 26.8. The molecule has 6 aromatic carbocycles. The Morgan fingerprint density at radius 2 is 1.43 bits per heavy atom. The first-order chi connectivity index (χ1) is 19.7. The first-order valence-electron chi connectivity index (χ1n) is 13.5. The topological polar surface area (TPSA) is 18.1 Å². The molecule has 0 atom stereocenters. The zero-order valence-corrected chi connectivity index (χ0v) is 22.8. The highest BCUT2D eigenvalue weighted by atomic mass is 32.1. The number of thiol groups is 1. The lowest BCUT2D eigenvalue weighted by Crippen LogP contribution is -1.94. The summed E-state index contributed by atoms with van der Waals surface area (Å²) in [5.74, 6) is 0. The van der Waals surface area contributed by atoms with Crippen molar-refractivity contribution in [2.75, 3.05) is 0 Å². The first kappa shape index (κ1) is 23.2. The third-order valence-corrected chi connectivity index (χ3v) is 8.41. The number of hydrogen-bond acceptors (Lipinski definition) is 2. The molecule has 190 valence electrons. The number of benzene rings is 6. The number of fused-ring (bicyclic) bond motifs is 7. The van der Waals surface area contributed by atoms with Gasteiger partial charge in [0.15, 0.2) is 0 Å². The predicted octanol–water partition coefficient (Wildman–Crippen LogP) is 10.5. The second-order valence-corrected chi connectivity index (χ2v) is 10.7. The number of furan rings is 1. The zero-order valence-electron chi connectivity index (χ0n) is 21.9. The van der Waals surface area contributed by atoms with Crippen LogP contribution in [0.2, 0.25) is 0 Å². The number of hydrogen-bond donors (Lipinski definition) is 1. The van der Waals surface area contributed by atoms with Gasteiger partial charge in [-0.3, -0.25) is 0 Å². The molecule has 0 N–H and O–H groups in total. The lowest BCUT2D eigenvalue weighted by molar-refractivity contribution is 0.669. The number of para-hydroxylation sites is 2. The lowest BCUT2D eigenvalue weighted by atomic mass is 9.88. The van der Waals surface area contributed by atoms with Crippen molar-refractivity contribution >= 4 is 72.6 Å². The normalized spacial score (nSPS) is 12.4. The molecule has 3 heteroatoms. The Kier molecular flexibility index (Phi) is 5.16. The van der Waals surface area contributed by atoms with Crippen LogP contribution in [0.5, 0.6) is 0 Å². The fourth-order valence-corrected chi connectivity index (χ4v) is 6.48. The van der Waals surface area contributed by atoms with E-state index in [0.717, 1.165) is 38.8 Å². The summed E-state index contributed by atoms with van der Waals surface area (Å²) >= 11 is 4.75. The van der Waals surface area contributed by atoms with Crippen molar-refractivity contribution in [3.63, 3.8) is 0 Å². The Morgan fingerprint density at radius 1 is 0.625 bits per heavy atom. The van der Waals surface area contributed by atoms with Gasteiger partial charge >= 0.3 is 0 Å². The van der Waals surface area contributed by atoms with E-state index in [9.17, 15) is 0 Å². The average Bonchev–Trinajstić information content (AvgIpc) is 3.57. The van der Waals surface area contributed by atoms with Crippen molar-refractivity contribution in [2.24, 2.45) is 0 Å². The molecule has 0 radical (unpaired) electrons. The maximum Gasteiger partial charge on any atom is 0.136 e. The van der Waals surface area contributed by atoms with E-state index < -0.39 is 0 Å².